The summed E-state index contributed by atoms with van der Waals surface area (Å²) in [5, 5.41) is 13.0. The van der Waals surface area contributed by atoms with E-state index in [2.05, 4.69) is 0 Å². The van der Waals surface area contributed by atoms with E-state index in [0.717, 1.165) is 12.8 Å². The number of nitro benzene ring substituents is 1. The largest absolute Gasteiger partial charge is 0.465 e. The summed E-state index contributed by atoms with van der Waals surface area (Å²) in [6.07, 6.45) is 5.75. The molecule has 0 heterocycles. The number of amides is 1. The van der Waals surface area contributed by atoms with Crippen LogP contribution >= 0.6 is 0 Å². The Balaban J connectivity index is 2.11. The summed E-state index contributed by atoms with van der Waals surface area (Å²) >= 11 is 0. The van der Waals surface area contributed by atoms with Crippen molar-refractivity contribution in [3.05, 3.63) is 34.4 Å². The Morgan fingerprint density at radius 1 is 1.31 bits per heavy atom. The van der Waals surface area contributed by atoms with Crippen molar-refractivity contribution in [1.82, 2.24) is 0 Å². The Kier molecular flexibility index (Phi) is 7.53. The number of ether oxygens (including phenoxy) is 1. The molecule has 0 radical (unpaired) electrons. The number of quaternary nitrogens is 1. The fourth-order valence-corrected chi connectivity index (χ4v) is 3.18. The van der Waals surface area contributed by atoms with E-state index < -0.39 is 10.9 Å². The minimum absolute atomic E-state index is 0.125. The van der Waals surface area contributed by atoms with Crippen molar-refractivity contribution >= 4 is 23.3 Å². The zero-order chi connectivity index (χ0) is 18.9. The molecule has 1 aliphatic carbocycles. The Morgan fingerprint density at radius 2 is 2.04 bits per heavy atom. The lowest BCUT2D eigenvalue weighted by Crippen LogP contribution is -2.92. The van der Waals surface area contributed by atoms with Crippen LogP contribution in [0.25, 0.3) is 0 Å². The molecule has 1 aromatic carbocycles. The first-order valence-electron chi connectivity index (χ1n) is 9.05. The van der Waals surface area contributed by atoms with Crippen LogP contribution in [0, 0.1) is 10.1 Å². The number of anilines is 1. The molecule has 0 aliphatic heterocycles. The van der Waals surface area contributed by atoms with Gasteiger partial charge in [0.25, 0.3) is 11.6 Å². The van der Waals surface area contributed by atoms with E-state index in [-0.39, 0.29) is 31.3 Å². The summed E-state index contributed by atoms with van der Waals surface area (Å²) in [6.45, 7) is 1.84. The van der Waals surface area contributed by atoms with Crippen LogP contribution in [-0.4, -0.2) is 42.5 Å². The molecule has 1 amide bonds. The van der Waals surface area contributed by atoms with Crippen molar-refractivity contribution in [2.75, 3.05) is 24.6 Å². The van der Waals surface area contributed by atoms with Crippen molar-refractivity contribution in [3.63, 3.8) is 0 Å². The van der Waals surface area contributed by atoms with Gasteiger partial charge in [-0.3, -0.25) is 24.6 Å². The van der Waals surface area contributed by atoms with Crippen molar-refractivity contribution in [1.29, 1.82) is 0 Å². The third kappa shape index (κ3) is 5.80. The monoisotopic (exact) mass is 364 g/mol. The van der Waals surface area contributed by atoms with Crippen LogP contribution in [0.1, 0.15) is 39.0 Å². The Morgan fingerprint density at radius 3 is 2.69 bits per heavy atom. The molecule has 8 heteroatoms. The van der Waals surface area contributed by atoms with Gasteiger partial charge in [-0.15, -0.1) is 0 Å². The summed E-state index contributed by atoms with van der Waals surface area (Å²) in [7, 11) is 0. The lowest BCUT2D eigenvalue weighted by molar-refractivity contribution is -0.681. The van der Waals surface area contributed by atoms with Crippen LogP contribution in [0.2, 0.25) is 0 Å². The summed E-state index contributed by atoms with van der Waals surface area (Å²) in [6, 6.07) is 6.17. The van der Waals surface area contributed by atoms with Crippen molar-refractivity contribution in [3.8, 4) is 0 Å². The SMILES string of the molecule is CCOC(=O)CN(C(=O)C[NH2+]C1CCCCC1)c1cccc([N+](=O)[O-])c1. The molecule has 1 aliphatic rings. The molecule has 0 unspecified atom stereocenters. The number of benzene rings is 1. The highest BCUT2D eigenvalue weighted by atomic mass is 16.6. The lowest BCUT2D eigenvalue weighted by atomic mass is 9.95. The minimum Gasteiger partial charge on any atom is -0.465 e. The molecule has 0 saturated heterocycles. The second-order valence-electron chi connectivity index (χ2n) is 6.40. The first-order valence-corrected chi connectivity index (χ1v) is 9.05. The van der Waals surface area contributed by atoms with Crippen molar-refractivity contribution < 1.29 is 24.6 Å². The number of esters is 1. The summed E-state index contributed by atoms with van der Waals surface area (Å²) in [4.78, 5) is 36.4. The summed E-state index contributed by atoms with van der Waals surface area (Å²) in [5.74, 6) is -0.797. The average Bonchev–Trinajstić information content (AvgIpc) is 2.65. The normalized spacial score (nSPS) is 14.7. The minimum atomic E-state index is -0.537. The topological polar surface area (TPSA) is 106 Å². The van der Waals surface area contributed by atoms with Crippen LogP contribution in [0.3, 0.4) is 0 Å². The molecule has 0 spiro atoms. The molecule has 142 valence electrons. The molecule has 1 saturated carbocycles. The number of hydrogen-bond acceptors (Lipinski definition) is 5. The van der Waals surface area contributed by atoms with Gasteiger partial charge >= 0.3 is 5.97 Å². The standard InChI is InChI=1S/C18H25N3O5/c1-2-26-18(23)13-20(15-9-6-10-16(11-15)21(24)25)17(22)12-19-14-7-4-3-5-8-14/h6,9-11,14,19H,2-5,7-8,12-13H2,1H3/p+1. The summed E-state index contributed by atoms with van der Waals surface area (Å²) < 4.78 is 4.94. The number of carbonyl (C=O) groups is 2. The predicted octanol–water partition coefficient (Wildman–Crippen LogP) is 1.39. The molecule has 2 rings (SSSR count). The predicted molar refractivity (Wildman–Crippen MR) is 95.7 cm³/mol. The maximum atomic E-state index is 12.7. The number of hydrogen-bond donors (Lipinski definition) is 1. The van der Waals surface area contributed by atoms with Crippen LogP contribution in [0.15, 0.2) is 24.3 Å². The molecule has 26 heavy (non-hydrogen) atoms. The first kappa shape index (κ1) is 19.8. The number of nitrogens with zero attached hydrogens (tertiary/aromatic N) is 2. The van der Waals surface area contributed by atoms with Gasteiger partial charge in [-0.2, -0.15) is 0 Å². The van der Waals surface area contributed by atoms with Gasteiger partial charge in [-0.1, -0.05) is 12.5 Å². The van der Waals surface area contributed by atoms with Gasteiger partial charge < -0.3 is 10.1 Å². The third-order valence-corrected chi connectivity index (χ3v) is 4.52. The number of rotatable bonds is 8. The highest BCUT2D eigenvalue weighted by Crippen LogP contribution is 2.21. The molecule has 8 nitrogen and oxygen atoms in total. The van der Waals surface area contributed by atoms with Gasteiger partial charge in [0.2, 0.25) is 0 Å². The fourth-order valence-electron chi connectivity index (χ4n) is 3.18. The highest BCUT2D eigenvalue weighted by molar-refractivity contribution is 5.98. The quantitative estimate of drug-likeness (QED) is 0.426. The van der Waals surface area contributed by atoms with Crippen molar-refractivity contribution in [2.45, 2.75) is 45.1 Å². The number of non-ortho nitro benzene ring substituents is 1. The zero-order valence-electron chi connectivity index (χ0n) is 15.1. The number of nitro groups is 1. The average molecular weight is 364 g/mol. The van der Waals surface area contributed by atoms with Crippen LogP contribution < -0.4 is 10.2 Å². The number of carbonyl (C=O) groups excluding carboxylic acids is 2. The lowest BCUT2D eigenvalue weighted by Gasteiger charge is -2.24. The Hall–Kier alpha value is -2.48. The molecule has 0 aromatic heterocycles. The molecular formula is C18H26N3O5+. The van der Waals surface area contributed by atoms with Crippen molar-refractivity contribution in [2.24, 2.45) is 0 Å². The van der Waals surface area contributed by atoms with Gasteiger partial charge in [-0.05, 0) is 38.7 Å². The molecule has 1 fully saturated rings. The van der Waals surface area contributed by atoms with E-state index in [4.69, 9.17) is 4.74 Å². The van der Waals surface area contributed by atoms with Crippen LogP contribution in [0.4, 0.5) is 11.4 Å². The molecule has 2 N–H and O–H groups in total. The third-order valence-electron chi connectivity index (χ3n) is 4.52. The van der Waals surface area contributed by atoms with Crippen LogP contribution in [0.5, 0.6) is 0 Å². The molecule has 0 atom stereocenters. The molecule has 0 bridgehead atoms. The maximum absolute atomic E-state index is 12.7. The molecular weight excluding hydrogens is 338 g/mol. The van der Waals surface area contributed by atoms with Crippen LogP contribution in [-0.2, 0) is 14.3 Å². The van der Waals surface area contributed by atoms with E-state index in [1.54, 1.807) is 13.0 Å². The second kappa shape index (κ2) is 9.86. The smallest absolute Gasteiger partial charge is 0.326 e. The second-order valence-corrected chi connectivity index (χ2v) is 6.40. The fraction of sp³-hybridized carbons (Fsp3) is 0.556. The maximum Gasteiger partial charge on any atom is 0.326 e. The van der Waals surface area contributed by atoms with E-state index in [1.165, 1.54) is 42.4 Å². The van der Waals surface area contributed by atoms with Gasteiger partial charge in [0.05, 0.1) is 23.3 Å². The Bertz CT molecular complexity index is 643. The Labute approximate surface area is 152 Å². The van der Waals surface area contributed by atoms with Gasteiger partial charge in [0.15, 0.2) is 6.54 Å². The first-order chi connectivity index (χ1) is 12.5. The number of nitrogens with two attached hydrogens (primary N) is 1. The van der Waals surface area contributed by atoms with Gasteiger partial charge in [0, 0.05) is 12.1 Å². The molecule has 1 aromatic rings. The van der Waals surface area contributed by atoms with E-state index >= 15 is 0 Å². The van der Waals surface area contributed by atoms with E-state index in [9.17, 15) is 19.7 Å². The van der Waals surface area contributed by atoms with E-state index in [0.29, 0.717) is 11.7 Å². The summed E-state index contributed by atoms with van der Waals surface area (Å²) in [5.41, 5.74) is 0.203. The zero-order valence-corrected chi connectivity index (χ0v) is 15.1. The van der Waals surface area contributed by atoms with Gasteiger partial charge in [-0.25, -0.2) is 0 Å². The van der Waals surface area contributed by atoms with Gasteiger partial charge in [0.1, 0.15) is 6.54 Å². The van der Waals surface area contributed by atoms with E-state index in [1.807, 2.05) is 5.32 Å². The highest BCUT2D eigenvalue weighted by Gasteiger charge is 2.25.